The predicted molar refractivity (Wildman–Crippen MR) is 108 cm³/mol. The van der Waals surface area contributed by atoms with Gasteiger partial charge in [0.25, 0.3) is 0 Å². The van der Waals surface area contributed by atoms with Crippen molar-refractivity contribution in [2.75, 3.05) is 26.7 Å². The Morgan fingerprint density at radius 3 is 2.58 bits per heavy atom. The molecule has 138 valence electrons. The molecule has 1 aliphatic heterocycles. The topological polar surface area (TPSA) is 36.9 Å². The zero-order valence-electron chi connectivity index (χ0n) is 15.8. The first-order chi connectivity index (χ1) is 12.7. The van der Waals surface area contributed by atoms with Crippen molar-refractivity contribution in [3.63, 3.8) is 0 Å². The molecular weight excluding hydrogens is 322 g/mol. The molecule has 0 amide bonds. The van der Waals surface area contributed by atoms with Crippen molar-refractivity contribution < 1.29 is 4.74 Å². The molecule has 1 saturated heterocycles. The van der Waals surface area contributed by atoms with E-state index in [0.717, 1.165) is 50.6 Å². The van der Waals surface area contributed by atoms with Gasteiger partial charge < -0.3 is 15.0 Å². The van der Waals surface area contributed by atoms with Crippen molar-refractivity contribution in [2.45, 2.75) is 32.3 Å². The number of hydrogen-bond donors (Lipinski definition) is 1. The van der Waals surface area contributed by atoms with E-state index < -0.39 is 0 Å². The number of para-hydroxylation sites is 1. The number of guanidine groups is 1. The Hall–Kier alpha value is -2.49. The maximum atomic E-state index is 6.08. The molecule has 0 aliphatic carbocycles. The van der Waals surface area contributed by atoms with Crippen LogP contribution in [0.2, 0.25) is 0 Å². The van der Waals surface area contributed by atoms with Crippen LogP contribution in [0.25, 0.3) is 0 Å². The van der Waals surface area contributed by atoms with Gasteiger partial charge in [-0.1, -0.05) is 48.0 Å². The normalized spacial score (nSPS) is 15.8. The van der Waals surface area contributed by atoms with E-state index in [2.05, 4.69) is 46.4 Å². The number of rotatable bonds is 5. The van der Waals surface area contributed by atoms with Crippen LogP contribution in [-0.2, 0) is 6.42 Å². The molecule has 2 aromatic carbocycles. The maximum Gasteiger partial charge on any atom is 0.193 e. The van der Waals surface area contributed by atoms with Crippen molar-refractivity contribution in [1.82, 2.24) is 10.2 Å². The number of hydrogen-bond acceptors (Lipinski definition) is 2. The number of aryl methyl sites for hydroxylation is 1. The van der Waals surface area contributed by atoms with Crippen molar-refractivity contribution in [3.8, 4) is 5.75 Å². The summed E-state index contributed by atoms with van der Waals surface area (Å²) in [6, 6.07) is 18.8. The van der Waals surface area contributed by atoms with Gasteiger partial charge in [-0.15, -0.1) is 0 Å². The molecule has 0 unspecified atom stereocenters. The van der Waals surface area contributed by atoms with E-state index in [9.17, 15) is 0 Å². The Kier molecular flexibility index (Phi) is 6.53. The Morgan fingerprint density at radius 2 is 1.88 bits per heavy atom. The number of ether oxygens (including phenoxy) is 1. The van der Waals surface area contributed by atoms with E-state index in [-0.39, 0.29) is 0 Å². The molecule has 4 heteroatoms. The molecule has 1 fully saturated rings. The highest BCUT2D eigenvalue weighted by Gasteiger charge is 2.22. The van der Waals surface area contributed by atoms with Crippen molar-refractivity contribution in [2.24, 2.45) is 4.99 Å². The van der Waals surface area contributed by atoms with Crippen LogP contribution in [0.4, 0.5) is 0 Å². The molecular formula is C22H29N3O. The lowest BCUT2D eigenvalue weighted by molar-refractivity contribution is 0.129. The van der Waals surface area contributed by atoms with Gasteiger partial charge in [0, 0.05) is 39.5 Å². The van der Waals surface area contributed by atoms with Gasteiger partial charge in [0.15, 0.2) is 5.96 Å². The SMILES string of the molecule is CN=C(NCCc1cccc(C)c1)N1CCC(Oc2ccccc2)CC1. The predicted octanol–water partition coefficient (Wildman–Crippen LogP) is 3.66. The minimum absolute atomic E-state index is 0.291. The van der Waals surface area contributed by atoms with Crippen LogP contribution in [-0.4, -0.2) is 43.6 Å². The average Bonchev–Trinajstić information content (AvgIpc) is 2.67. The summed E-state index contributed by atoms with van der Waals surface area (Å²) in [5.74, 6) is 1.96. The molecule has 2 aromatic rings. The fraction of sp³-hybridized carbons (Fsp3) is 0.409. The van der Waals surface area contributed by atoms with Gasteiger partial charge in [-0.25, -0.2) is 0 Å². The number of piperidine rings is 1. The molecule has 1 aliphatic rings. The monoisotopic (exact) mass is 351 g/mol. The summed E-state index contributed by atoms with van der Waals surface area (Å²) in [6.45, 7) is 4.98. The molecule has 0 aromatic heterocycles. The van der Waals surface area contributed by atoms with Gasteiger partial charge in [-0.3, -0.25) is 4.99 Å². The second kappa shape index (κ2) is 9.27. The molecule has 0 saturated carbocycles. The Morgan fingerprint density at radius 1 is 1.12 bits per heavy atom. The molecule has 3 rings (SSSR count). The second-order valence-corrected chi connectivity index (χ2v) is 6.83. The molecule has 0 radical (unpaired) electrons. The van der Waals surface area contributed by atoms with E-state index in [1.54, 1.807) is 0 Å². The molecule has 26 heavy (non-hydrogen) atoms. The third-order valence-electron chi connectivity index (χ3n) is 4.78. The van der Waals surface area contributed by atoms with Crippen LogP contribution in [0.1, 0.15) is 24.0 Å². The summed E-state index contributed by atoms with van der Waals surface area (Å²) in [7, 11) is 1.86. The van der Waals surface area contributed by atoms with Gasteiger partial charge in [0.2, 0.25) is 0 Å². The van der Waals surface area contributed by atoms with E-state index in [4.69, 9.17) is 4.74 Å². The van der Waals surface area contributed by atoms with Crippen LogP contribution in [0.15, 0.2) is 59.6 Å². The minimum Gasteiger partial charge on any atom is -0.490 e. The molecule has 1 N–H and O–H groups in total. The largest absolute Gasteiger partial charge is 0.490 e. The lowest BCUT2D eigenvalue weighted by atomic mass is 10.1. The van der Waals surface area contributed by atoms with E-state index in [1.165, 1.54) is 11.1 Å². The quantitative estimate of drug-likeness (QED) is 0.660. The van der Waals surface area contributed by atoms with Crippen molar-refractivity contribution >= 4 is 5.96 Å². The maximum absolute atomic E-state index is 6.08. The van der Waals surface area contributed by atoms with E-state index >= 15 is 0 Å². The van der Waals surface area contributed by atoms with Crippen molar-refractivity contribution in [1.29, 1.82) is 0 Å². The van der Waals surface area contributed by atoms with Crippen LogP contribution >= 0.6 is 0 Å². The van der Waals surface area contributed by atoms with Crippen LogP contribution in [0.3, 0.4) is 0 Å². The van der Waals surface area contributed by atoms with Gasteiger partial charge in [0.1, 0.15) is 11.9 Å². The standard InChI is InChI=1S/C22H29N3O/c1-18-7-6-8-19(17-18)11-14-24-22(23-2)25-15-12-21(13-16-25)26-20-9-4-3-5-10-20/h3-10,17,21H,11-16H2,1-2H3,(H,23,24). The average molecular weight is 351 g/mol. The Balaban J connectivity index is 1.43. The zero-order chi connectivity index (χ0) is 18.2. The summed E-state index contributed by atoms with van der Waals surface area (Å²) in [5.41, 5.74) is 2.68. The van der Waals surface area contributed by atoms with Crippen LogP contribution < -0.4 is 10.1 Å². The third-order valence-corrected chi connectivity index (χ3v) is 4.78. The number of likely N-dealkylation sites (tertiary alicyclic amines) is 1. The first kappa shape index (κ1) is 18.3. The fourth-order valence-electron chi connectivity index (χ4n) is 3.40. The van der Waals surface area contributed by atoms with Crippen LogP contribution in [0.5, 0.6) is 5.75 Å². The van der Waals surface area contributed by atoms with Gasteiger partial charge >= 0.3 is 0 Å². The molecule has 0 spiro atoms. The summed E-state index contributed by atoms with van der Waals surface area (Å²) >= 11 is 0. The summed E-state index contributed by atoms with van der Waals surface area (Å²) < 4.78 is 6.08. The number of nitrogens with zero attached hydrogens (tertiary/aromatic N) is 2. The summed E-state index contributed by atoms with van der Waals surface area (Å²) in [5, 5.41) is 3.51. The van der Waals surface area contributed by atoms with E-state index in [0.29, 0.717) is 6.10 Å². The van der Waals surface area contributed by atoms with Crippen molar-refractivity contribution in [3.05, 3.63) is 65.7 Å². The lowest BCUT2D eigenvalue weighted by Gasteiger charge is -2.34. The lowest BCUT2D eigenvalue weighted by Crippen LogP contribution is -2.47. The first-order valence-electron chi connectivity index (χ1n) is 9.47. The summed E-state index contributed by atoms with van der Waals surface area (Å²) in [4.78, 5) is 6.79. The number of nitrogens with one attached hydrogen (secondary N) is 1. The number of benzene rings is 2. The molecule has 0 atom stereocenters. The van der Waals surface area contributed by atoms with Gasteiger partial charge in [0.05, 0.1) is 0 Å². The second-order valence-electron chi connectivity index (χ2n) is 6.83. The highest BCUT2D eigenvalue weighted by atomic mass is 16.5. The Labute approximate surface area is 156 Å². The molecule has 0 bridgehead atoms. The third kappa shape index (κ3) is 5.25. The number of aliphatic imine (C=N–C) groups is 1. The summed E-state index contributed by atoms with van der Waals surface area (Å²) in [6.07, 6.45) is 3.34. The smallest absolute Gasteiger partial charge is 0.193 e. The van der Waals surface area contributed by atoms with Gasteiger partial charge in [-0.05, 0) is 31.0 Å². The molecule has 1 heterocycles. The Bertz CT molecular complexity index is 706. The van der Waals surface area contributed by atoms with Gasteiger partial charge in [-0.2, -0.15) is 0 Å². The molecule has 4 nitrogen and oxygen atoms in total. The highest BCUT2D eigenvalue weighted by molar-refractivity contribution is 5.80. The first-order valence-corrected chi connectivity index (χ1v) is 9.47. The minimum atomic E-state index is 0.291. The van der Waals surface area contributed by atoms with E-state index in [1.807, 2.05) is 37.4 Å². The van der Waals surface area contributed by atoms with Crippen LogP contribution in [0, 0.1) is 6.92 Å². The fourth-order valence-corrected chi connectivity index (χ4v) is 3.40. The zero-order valence-corrected chi connectivity index (χ0v) is 15.8. The highest BCUT2D eigenvalue weighted by Crippen LogP contribution is 2.18.